The highest BCUT2D eigenvalue weighted by Crippen LogP contribution is 2.38. The van der Waals surface area contributed by atoms with Gasteiger partial charge in [0.15, 0.2) is 5.65 Å². The van der Waals surface area contributed by atoms with Crippen molar-refractivity contribution in [2.24, 2.45) is 0 Å². The number of hydrogen-bond donors (Lipinski definition) is 0. The van der Waals surface area contributed by atoms with Crippen LogP contribution >= 0.6 is 0 Å². The molecule has 1 fully saturated rings. The van der Waals surface area contributed by atoms with Crippen LogP contribution in [-0.4, -0.2) is 74.7 Å². The molecule has 3 aromatic heterocycles. The molecule has 4 heterocycles. The van der Waals surface area contributed by atoms with Crippen LogP contribution in [0.3, 0.4) is 0 Å². The molecule has 0 atom stereocenters. The maximum atomic E-state index is 12.6. The van der Waals surface area contributed by atoms with Crippen LogP contribution in [0.15, 0.2) is 48.9 Å². The summed E-state index contributed by atoms with van der Waals surface area (Å²) in [5, 5.41) is 10.3. The van der Waals surface area contributed by atoms with Crippen LogP contribution in [0.4, 0.5) is 4.79 Å². The Balaban J connectivity index is 1.54. The predicted molar refractivity (Wildman–Crippen MR) is 145 cm³/mol. The fourth-order valence-electron chi connectivity index (χ4n) is 4.47. The first-order valence-electron chi connectivity index (χ1n) is 12.5. The SMILES string of the molecule is Cc1ccc(-n2nc(C3CN(C(=O)OC(C)(C)C)C3)c3c(-c4cnn(CCS(C)(=O)=O)c4)ccnc32)cc1. The third kappa shape index (κ3) is 5.42. The molecule has 1 aliphatic heterocycles. The van der Waals surface area contributed by atoms with Gasteiger partial charge in [0.2, 0.25) is 0 Å². The van der Waals surface area contributed by atoms with Gasteiger partial charge in [0.25, 0.3) is 0 Å². The molecule has 38 heavy (non-hydrogen) atoms. The zero-order valence-electron chi connectivity index (χ0n) is 22.2. The van der Waals surface area contributed by atoms with E-state index in [2.05, 4.69) is 5.10 Å². The molecule has 10 nitrogen and oxygen atoms in total. The molecule has 4 aromatic rings. The van der Waals surface area contributed by atoms with Crippen LogP contribution < -0.4 is 0 Å². The van der Waals surface area contributed by atoms with Crippen molar-refractivity contribution in [1.82, 2.24) is 29.4 Å². The molecule has 0 spiro atoms. The first kappa shape index (κ1) is 25.9. The number of amides is 1. The fraction of sp³-hybridized carbons (Fsp3) is 0.407. The number of nitrogens with zero attached hydrogens (tertiary/aromatic N) is 6. The van der Waals surface area contributed by atoms with E-state index in [0.29, 0.717) is 18.7 Å². The van der Waals surface area contributed by atoms with Gasteiger partial charge in [0.1, 0.15) is 15.4 Å². The van der Waals surface area contributed by atoms with Crippen molar-refractivity contribution in [3.8, 4) is 16.8 Å². The molecular formula is C27H32N6O4S. The number of aryl methyl sites for hydroxylation is 2. The maximum Gasteiger partial charge on any atom is 0.410 e. The van der Waals surface area contributed by atoms with Crippen molar-refractivity contribution in [2.75, 3.05) is 25.1 Å². The van der Waals surface area contributed by atoms with Crippen molar-refractivity contribution in [3.63, 3.8) is 0 Å². The van der Waals surface area contributed by atoms with E-state index >= 15 is 0 Å². The summed E-state index contributed by atoms with van der Waals surface area (Å²) in [5.74, 6) is 0.0268. The predicted octanol–water partition coefficient (Wildman–Crippen LogP) is 3.97. The number of ether oxygens (including phenoxy) is 1. The molecule has 0 N–H and O–H groups in total. The van der Waals surface area contributed by atoms with Gasteiger partial charge in [-0.05, 0) is 51.5 Å². The van der Waals surface area contributed by atoms with Crippen molar-refractivity contribution >= 4 is 27.0 Å². The molecule has 1 saturated heterocycles. The molecule has 1 aliphatic rings. The topological polar surface area (TPSA) is 112 Å². The number of hydrogen-bond acceptors (Lipinski definition) is 7. The van der Waals surface area contributed by atoms with E-state index in [1.165, 1.54) is 6.26 Å². The number of likely N-dealkylation sites (tertiary alicyclic amines) is 1. The Morgan fingerprint density at radius 1 is 1.13 bits per heavy atom. The highest BCUT2D eigenvalue weighted by atomic mass is 32.2. The average Bonchev–Trinajstić information content (AvgIpc) is 3.41. The first-order chi connectivity index (χ1) is 17.9. The van der Waals surface area contributed by atoms with Crippen molar-refractivity contribution in [3.05, 3.63) is 60.2 Å². The van der Waals surface area contributed by atoms with Crippen LogP contribution in [0.25, 0.3) is 27.8 Å². The summed E-state index contributed by atoms with van der Waals surface area (Å²) in [6, 6.07) is 10.0. The quantitative estimate of drug-likeness (QED) is 0.366. The minimum Gasteiger partial charge on any atom is -0.444 e. The summed E-state index contributed by atoms with van der Waals surface area (Å²) in [6.45, 7) is 8.87. The Kier molecular flexibility index (Phi) is 6.50. The van der Waals surface area contributed by atoms with E-state index in [-0.39, 0.29) is 24.3 Å². The summed E-state index contributed by atoms with van der Waals surface area (Å²) < 4.78 is 32.3. The van der Waals surface area contributed by atoms with Gasteiger partial charge < -0.3 is 9.64 Å². The Morgan fingerprint density at radius 2 is 1.84 bits per heavy atom. The third-order valence-corrected chi connectivity index (χ3v) is 7.35. The van der Waals surface area contributed by atoms with E-state index < -0.39 is 15.4 Å². The number of rotatable bonds is 6. The maximum absolute atomic E-state index is 12.6. The molecular weight excluding hydrogens is 504 g/mol. The number of pyridine rings is 1. The molecule has 0 radical (unpaired) electrons. The lowest BCUT2D eigenvalue weighted by Gasteiger charge is -2.39. The molecule has 200 valence electrons. The molecule has 5 rings (SSSR count). The lowest BCUT2D eigenvalue weighted by atomic mass is 9.92. The second kappa shape index (κ2) is 9.54. The average molecular weight is 537 g/mol. The summed E-state index contributed by atoms with van der Waals surface area (Å²) in [6.07, 6.45) is 6.21. The highest BCUT2D eigenvalue weighted by Gasteiger charge is 2.38. The van der Waals surface area contributed by atoms with Crippen LogP contribution in [-0.2, 0) is 21.1 Å². The van der Waals surface area contributed by atoms with Crippen molar-refractivity contribution in [1.29, 1.82) is 0 Å². The van der Waals surface area contributed by atoms with E-state index in [1.54, 1.807) is 22.0 Å². The second-order valence-electron chi connectivity index (χ2n) is 10.9. The Morgan fingerprint density at radius 3 is 2.50 bits per heavy atom. The van der Waals surface area contributed by atoms with Crippen molar-refractivity contribution in [2.45, 2.75) is 45.8 Å². The number of fused-ring (bicyclic) bond motifs is 1. The summed E-state index contributed by atoms with van der Waals surface area (Å²) in [4.78, 5) is 19.0. The van der Waals surface area contributed by atoms with Crippen LogP contribution in [0.5, 0.6) is 0 Å². The normalized spacial score (nSPS) is 14.6. The summed E-state index contributed by atoms with van der Waals surface area (Å²) in [5.41, 5.74) is 4.80. The van der Waals surface area contributed by atoms with E-state index in [9.17, 15) is 13.2 Å². The van der Waals surface area contributed by atoms with E-state index in [1.807, 2.05) is 68.9 Å². The number of benzene rings is 1. The van der Waals surface area contributed by atoms with Crippen LogP contribution in [0.2, 0.25) is 0 Å². The Labute approximate surface area is 222 Å². The van der Waals surface area contributed by atoms with Gasteiger partial charge in [-0.15, -0.1) is 0 Å². The fourth-order valence-corrected chi connectivity index (χ4v) is 4.99. The third-order valence-electron chi connectivity index (χ3n) is 6.43. The molecule has 0 unspecified atom stereocenters. The standard InChI is InChI=1S/C27H32N6O4S/c1-18-6-8-21(9-7-18)33-25-23(24(30-33)20-15-31(16-20)26(34)37-27(2,3)4)22(10-11-28-25)19-14-29-32(17-19)12-13-38(5,35)36/h6-11,14,17,20H,12-13,15-16H2,1-5H3. The Hall–Kier alpha value is -3.73. The minimum absolute atomic E-state index is 0.0130. The molecule has 0 saturated carbocycles. The molecule has 0 bridgehead atoms. The molecule has 1 amide bonds. The van der Waals surface area contributed by atoms with E-state index in [0.717, 1.165) is 33.5 Å². The largest absolute Gasteiger partial charge is 0.444 e. The highest BCUT2D eigenvalue weighted by molar-refractivity contribution is 7.90. The second-order valence-corrected chi connectivity index (χ2v) is 13.2. The van der Waals surface area contributed by atoms with Gasteiger partial charge in [0, 0.05) is 43.2 Å². The minimum atomic E-state index is -3.11. The van der Waals surface area contributed by atoms with Gasteiger partial charge in [-0.1, -0.05) is 17.7 Å². The summed E-state index contributed by atoms with van der Waals surface area (Å²) in [7, 11) is -3.11. The zero-order chi connectivity index (χ0) is 27.2. The lowest BCUT2D eigenvalue weighted by Crippen LogP contribution is -2.50. The molecule has 1 aromatic carbocycles. The smallest absolute Gasteiger partial charge is 0.410 e. The number of carbonyl (C=O) groups excluding carboxylic acids is 1. The van der Waals surface area contributed by atoms with Crippen LogP contribution in [0.1, 0.15) is 37.9 Å². The van der Waals surface area contributed by atoms with Gasteiger partial charge in [-0.3, -0.25) is 4.68 Å². The number of carbonyl (C=O) groups is 1. The van der Waals surface area contributed by atoms with Gasteiger partial charge in [-0.25, -0.2) is 22.9 Å². The number of aromatic nitrogens is 5. The van der Waals surface area contributed by atoms with Crippen molar-refractivity contribution < 1.29 is 17.9 Å². The van der Waals surface area contributed by atoms with E-state index in [4.69, 9.17) is 14.8 Å². The molecule has 0 aliphatic carbocycles. The van der Waals surface area contributed by atoms with Gasteiger partial charge in [0.05, 0.1) is 35.3 Å². The first-order valence-corrected chi connectivity index (χ1v) is 14.6. The molecule has 11 heteroatoms. The van der Waals surface area contributed by atoms with Gasteiger partial charge in [-0.2, -0.15) is 10.2 Å². The number of sulfone groups is 1. The zero-order valence-corrected chi connectivity index (χ0v) is 23.1. The van der Waals surface area contributed by atoms with Gasteiger partial charge >= 0.3 is 6.09 Å². The monoisotopic (exact) mass is 536 g/mol. The Bertz CT molecular complexity index is 1590. The van der Waals surface area contributed by atoms with Crippen LogP contribution in [0, 0.1) is 6.92 Å². The summed E-state index contributed by atoms with van der Waals surface area (Å²) >= 11 is 0. The lowest BCUT2D eigenvalue weighted by molar-refractivity contribution is 0.00795.